The van der Waals surface area contributed by atoms with Gasteiger partial charge in [-0.15, -0.1) is 0 Å². The van der Waals surface area contributed by atoms with Crippen molar-refractivity contribution >= 4 is 15.2 Å². The molecule has 80 valence electrons. The van der Waals surface area contributed by atoms with Gasteiger partial charge in [-0.2, -0.15) is 0 Å². The van der Waals surface area contributed by atoms with Crippen LogP contribution in [0.25, 0.3) is 0 Å². The summed E-state index contributed by atoms with van der Waals surface area (Å²) in [6.45, 7) is 9.00. The Balaban J connectivity index is -0.000000163. The molecule has 0 atom stereocenters. The summed E-state index contributed by atoms with van der Waals surface area (Å²) < 4.78 is 0. The zero-order valence-corrected chi connectivity index (χ0v) is 11.4. The SMILES string of the molecule is CCCCCC.CC[CH2][Al+][CH2]CC.[H-]. The normalized spacial score (nSPS) is 8.62. The second-order valence-corrected chi connectivity index (χ2v) is 5.31. The average Bonchev–Trinajstić information content (AvgIpc) is 2.17. The summed E-state index contributed by atoms with van der Waals surface area (Å²) in [4.78, 5) is 0. The molecule has 0 saturated carbocycles. The van der Waals surface area contributed by atoms with E-state index in [1.165, 1.54) is 49.1 Å². The van der Waals surface area contributed by atoms with Crippen LogP contribution in [0.1, 0.15) is 67.6 Å². The van der Waals surface area contributed by atoms with Crippen molar-refractivity contribution in [3.05, 3.63) is 0 Å². The summed E-state index contributed by atoms with van der Waals surface area (Å²) in [6, 6.07) is 0. The van der Waals surface area contributed by atoms with Gasteiger partial charge in [0.1, 0.15) is 0 Å². The quantitative estimate of drug-likeness (QED) is 0.398. The summed E-state index contributed by atoms with van der Waals surface area (Å²) in [5, 5.41) is 3.02. The molecule has 0 fully saturated rings. The molecule has 1 heteroatoms. The molecular weight excluding hydrogens is 171 g/mol. The average molecular weight is 200 g/mol. The van der Waals surface area contributed by atoms with Gasteiger partial charge >= 0.3 is 52.5 Å². The molecule has 0 bridgehead atoms. The van der Waals surface area contributed by atoms with Crippen molar-refractivity contribution in [1.82, 2.24) is 0 Å². The van der Waals surface area contributed by atoms with E-state index in [2.05, 4.69) is 27.7 Å². The molecule has 0 aromatic rings. The maximum absolute atomic E-state index is 2.27. The Morgan fingerprint density at radius 1 is 0.692 bits per heavy atom. The molecule has 0 N–H and O–H groups in total. The van der Waals surface area contributed by atoms with Crippen molar-refractivity contribution in [1.29, 1.82) is 0 Å². The van der Waals surface area contributed by atoms with Gasteiger partial charge in [-0.25, -0.2) is 0 Å². The summed E-state index contributed by atoms with van der Waals surface area (Å²) in [5.74, 6) is 0. The van der Waals surface area contributed by atoms with Gasteiger partial charge < -0.3 is 1.43 Å². The van der Waals surface area contributed by atoms with E-state index < -0.39 is 0 Å². The second-order valence-electron chi connectivity index (χ2n) is 3.57. The molecular formula is C12H29Al. The number of hydrogen-bond donors (Lipinski definition) is 0. The minimum Gasteiger partial charge on any atom is -1.00 e. The zero-order chi connectivity index (χ0) is 10.4. The molecule has 0 aliphatic heterocycles. The second kappa shape index (κ2) is 18.3. The van der Waals surface area contributed by atoms with Crippen LogP contribution in [0.15, 0.2) is 0 Å². The molecule has 0 heterocycles. The van der Waals surface area contributed by atoms with Crippen molar-refractivity contribution in [3.8, 4) is 0 Å². The minimum atomic E-state index is 0. The summed E-state index contributed by atoms with van der Waals surface area (Å²) in [6.07, 6.45) is 8.33. The molecule has 0 amide bonds. The van der Waals surface area contributed by atoms with Crippen LogP contribution in [0.3, 0.4) is 0 Å². The topological polar surface area (TPSA) is 0 Å². The van der Waals surface area contributed by atoms with Crippen LogP contribution in [-0.4, -0.2) is 15.2 Å². The maximum atomic E-state index is 2.27. The largest absolute Gasteiger partial charge is 1.00 e. The third-order valence-corrected chi connectivity index (χ3v) is 3.91. The number of hydrogen-bond acceptors (Lipinski definition) is 0. The van der Waals surface area contributed by atoms with Gasteiger partial charge in [0.25, 0.3) is 0 Å². The molecule has 0 rings (SSSR count). The van der Waals surface area contributed by atoms with E-state index >= 15 is 0 Å². The molecule has 0 spiro atoms. The Kier molecular flexibility index (Phi) is 22.5. The van der Waals surface area contributed by atoms with Crippen molar-refractivity contribution in [3.63, 3.8) is 0 Å². The van der Waals surface area contributed by atoms with Crippen LogP contribution in [0.4, 0.5) is 0 Å². The van der Waals surface area contributed by atoms with E-state index in [1.54, 1.807) is 0 Å². The zero-order valence-electron chi connectivity index (χ0n) is 11.2. The Hall–Kier alpha value is 0.532. The van der Waals surface area contributed by atoms with E-state index in [1.807, 2.05) is 0 Å². The van der Waals surface area contributed by atoms with Crippen molar-refractivity contribution in [2.45, 2.75) is 76.8 Å². The number of unbranched alkanes of at least 4 members (excludes halogenated alkanes) is 3. The standard InChI is InChI=1S/C6H14.2C3H7.Al.H/c1-3-5-6-4-2;2*1-3-2;;/h3-6H2,1-2H3;2*1,3H2,2H3;;/q;;;+1;-1. The van der Waals surface area contributed by atoms with E-state index in [0.717, 1.165) is 15.2 Å². The predicted molar refractivity (Wildman–Crippen MR) is 66.9 cm³/mol. The molecule has 0 saturated heterocycles. The van der Waals surface area contributed by atoms with E-state index in [4.69, 9.17) is 0 Å². The molecule has 0 aromatic heterocycles. The van der Waals surface area contributed by atoms with Gasteiger partial charge in [-0.1, -0.05) is 39.5 Å². The van der Waals surface area contributed by atoms with Gasteiger partial charge in [0.2, 0.25) is 0 Å². The van der Waals surface area contributed by atoms with Crippen molar-refractivity contribution in [2.75, 3.05) is 0 Å². The Morgan fingerprint density at radius 3 is 1.31 bits per heavy atom. The first-order valence-electron chi connectivity index (χ1n) is 6.14. The monoisotopic (exact) mass is 200 g/mol. The van der Waals surface area contributed by atoms with E-state index in [-0.39, 0.29) is 1.43 Å². The molecule has 0 radical (unpaired) electrons. The van der Waals surface area contributed by atoms with Gasteiger partial charge in [-0.05, 0) is 0 Å². The van der Waals surface area contributed by atoms with Gasteiger partial charge in [0.05, 0.1) is 0 Å². The van der Waals surface area contributed by atoms with Crippen LogP contribution < -0.4 is 0 Å². The Labute approximate surface area is 93.7 Å². The third-order valence-electron chi connectivity index (χ3n) is 1.94. The molecule has 0 unspecified atom stereocenters. The van der Waals surface area contributed by atoms with Crippen molar-refractivity contribution in [2.24, 2.45) is 0 Å². The van der Waals surface area contributed by atoms with Gasteiger partial charge in [-0.3, -0.25) is 0 Å². The molecule has 0 aliphatic carbocycles. The van der Waals surface area contributed by atoms with E-state index in [9.17, 15) is 0 Å². The minimum absolute atomic E-state index is 0. The maximum Gasteiger partial charge on any atom is -1.00 e. The Morgan fingerprint density at radius 2 is 1.08 bits per heavy atom. The van der Waals surface area contributed by atoms with Crippen LogP contribution in [-0.2, 0) is 0 Å². The summed E-state index contributed by atoms with van der Waals surface area (Å²) in [7, 11) is 0. The Bertz CT molecular complexity index is 59.3. The molecule has 0 aromatic carbocycles. The fraction of sp³-hybridized carbons (Fsp3) is 1.00. The smallest absolute Gasteiger partial charge is 1.00 e. The van der Waals surface area contributed by atoms with Crippen LogP contribution >= 0.6 is 0 Å². The summed E-state index contributed by atoms with van der Waals surface area (Å²) >= 11 is 0.822. The summed E-state index contributed by atoms with van der Waals surface area (Å²) in [5.41, 5.74) is 0. The predicted octanol–water partition coefficient (Wildman–Crippen LogP) is 5.05. The van der Waals surface area contributed by atoms with Crippen LogP contribution in [0, 0.1) is 0 Å². The first-order valence-corrected chi connectivity index (χ1v) is 7.78. The van der Waals surface area contributed by atoms with Crippen molar-refractivity contribution < 1.29 is 1.43 Å². The first kappa shape index (κ1) is 16.0. The number of rotatable bonds is 7. The van der Waals surface area contributed by atoms with Gasteiger partial charge in [0.15, 0.2) is 0 Å². The van der Waals surface area contributed by atoms with Gasteiger partial charge in [0, 0.05) is 0 Å². The molecule has 13 heavy (non-hydrogen) atoms. The molecule has 0 aliphatic rings. The fourth-order valence-corrected chi connectivity index (χ4v) is 2.16. The van der Waals surface area contributed by atoms with E-state index in [0.29, 0.717) is 0 Å². The van der Waals surface area contributed by atoms with Crippen LogP contribution in [0.2, 0.25) is 10.6 Å². The first-order chi connectivity index (χ1) is 6.33. The van der Waals surface area contributed by atoms with Crippen LogP contribution in [0.5, 0.6) is 0 Å². The fourth-order valence-electron chi connectivity index (χ4n) is 1.05. The molecule has 0 nitrogen and oxygen atoms in total. The third kappa shape index (κ3) is 24.5.